The zero-order chi connectivity index (χ0) is 17.9. The molecule has 4 heterocycles. The van der Waals surface area contributed by atoms with Crippen LogP contribution >= 0.6 is 0 Å². The van der Waals surface area contributed by atoms with Gasteiger partial charge in [-0.15, -0.1) is 0 Å². The second-order valence-electron chi connectivity index (χ2n) is 7.61. The summed E-state index contributed by atoms with van der Waals surface area (Å²) in [5.74, 6) is 1.51. The molecule has 0 radical (unpaired) electrons. The molecule has 6 nitrogen and oxygen atoms in total. The van der Waals surface area contributed by atoms with Gasteiger partial charge in [-0.25, -0.2) is 0 Å². The minimum absolute atomic E-state index is 0.126. The first-order valence-electron chi connectivity index (χ1n) is 9.59. The molecule has 0 spiro atoms. The van der Waals surface area contributed by atoms with Crippen molar-refractivity contribution < 1.29 is 4.79 Å². The number of hydrogen-bond acceptors (Lipinski definition) is 4. The molecule has 138 valence electrons. The van der Waals surface area contributed by atoms with E-state index < -0.39 is 0 Å². The fraction of sp³-hybridized carbons (Fsp3) is 0.550. The van der Waals surface area contributed by atoms with E-state index in [1.54, 1.807) is 10.9 Å². The lowest BCUT2D eigenvalue weighted by molar-refractivity contribution is 0.0762. The Morgan fingerprint density at radius 3 is 2.62 bits per heavy atom. The zero-order valence-corrected chi connectivity index (χ0v) is 15.4. The summed E-state index contributed by atoms with van der Waals surface area (Å²) in [6, 6.07) is 5.97. The fourth-order valence-corrected chi connectivity index (χ4v) is 4.43. The van der Waals surface area contributed by atoms with Crippen molar-refractivity contribution >= 4 is 5.91 Å². The Morgan fingerprint density at radius 1 is 1.12 bits per heavy atom. The number of carbonyl (C=O) groups excluding carboxylic acids is 1. The summed E-state index contributed by atoms with van der Waals surface area (Å²) in [6.07, 6.45) is 9.09. The summed E-state index contributed by atoms with van der Waals surface area (Å²) in [5.41, 5.74) is 1.98. The Kier molecular flexibility index (Phi) is 5.02. The molecule has 0 aliphatic carbocycles. The van der Waals surface area contributed by atoms with Crippen molar-refractivity contribution in [3.8, 4) is 0 Å². The predicted molar refractivity (Wildman–Crippen MR) is 99.5 cm³/mol. The van der Waals surface area contributed by atoms with E-state index in [0.717, 1.165) is 45.1 Å². The third-order valence-corrected chi connectivity index (χ3v) is 5.98. The highest BCUT2D eigenvalue weighted by molar-refractivity contribution is 5.92. The summed E-state index contributed by atoms with van der Waals surface area (Å²) in [5, 5.41) is 4.12. The molecule has 2 aromatic rings. The SMILES string of the molecule is Cn1nccc1C(=O)N1CCC(C2CCN(Cc3cccnc3)CC2)C1. The molecule has 2 fully saturated rings. The quantitative estimate of drug-likeness (QED) is 0.845. The molecule has 6 heteroatoms. The van der Waals surface area contributed by atoms with Gasteiger partial charge in [-0.05, 0) is 61.9 Å². The molecule has 26 heavy (non-hydrogen) atoms. The highest BCUT2D eigenvalue weighted by atomic mass is 16.2. The number of aryl methyl sites for hydroxylation is 1. The average molecular weight is 353 g/mol. The summed E-state index contributed by atoms with van der Waals surface area (Å²) >= 11 is 0. The Bertz CT molecular complexity index is 736. The molecule has 4 rings (SSSR count). The summed E-state index contributed by atoms with van der Waals surface area (Å²) < 4.78 is 1.67. The molecule has 2 aromatic heterocycles. The van der Waals surface area contributed by atoms with E-state index >= 15 is 0 Å². The van der Waals surface area contributed by atoms with Crippen LogP contribution in [-0.2, 0) is 13.6 Å². The van der Waals surface area contributed by atoms with Gasteiger partial charge in [-0.3, -0.25) is 19.4 Å². The van der Waals surface area contributed by atoms with Gasteiger partial charge in [0.15, 0.2) is 0 Å². The average Bonchev–Trinajstić information content (AvgIpc) is 3.32. The Hall–Kier alpha value is -2.21. The molecule has 0 aromatic carbocycles. The number of aromatic nitrogens is 3. The van der Waals surface area contributed by atoms with Crippen LogP contribution in [0, 0.1) is 11.8 Å². The Morgan fingerprint density at radius 2 is 1.92 bits per heavy atom. The van der Waals surface area contributed by atoms with Crippen LogP contribution in [0.2, 0.25) is 0 Å². The van der Waals surface area contributed by atoms with Gasteiger partial charge in [-0.2, -0.15) is 5.10 Å². The van der Waals surface area contributed by atoms with Gasteiger partial charge in [0.25, 0.3) is 5.91 Å². The monoisotopic (exact) mass is 353 g/mol. The maximum Gasteiger partial charge on any atom is 0.272 e. The maximum absolute atomic E-state index is 12.7. The summed E-state index contributed by atoms with van der Waals surface area (Å²) in [7, 11) is 1.83. The van der Waals surface area contributed by atoms with Gasteiger partial charge >= 0.3 is 0 Å². The Balaban J connectivity index is 1.28. The van der Waals surface area contributed by atoms with Crippen molar-refractivity contribution in [2.75, 3.05) is 26.2 Å². The van der Waals surface area contributed by atoms with E-state index in [9.17, 15) is 4.79 Å². The first-order valence-corrected chi connectivity index (χ1v) is 9.59. The lowest BCUT2D eigenvalue weighted by atomic mass is 9.83. The molecule has 1 unspecified atom stereocenters. The van der Waals surface area contributed by atoms with Crippen LogP contribution < -0.4 is 0 Å². The second-order valence-corrected chi connectivity index (χ2v) is 7.61. The van der Waals surface area contributed by atoms with E-state index in [4.69, 9.17) is 0 Å². The van der Waals surface area contributed by atoms with Crippen LogP contribution in [-0.4, -0.2) is 56.7 Å². The number of pyridine rings is 1. The maximum atomic E-state index is 12.7. The standard InChI is InChI=1S/C20H27N5O/c1-23-19(4-9-22-23)20(26)25-12-7-18(15-25)17-5-10-24(11-6-17)14-16-3-2-8-21-13-16/h2-4,8-9,13,17-18H,5-7,10-12,14-15H2,1H3. The molecule has 2 aliphatic heterocycles. The summed E-state index contributed by atoms with van der Waals surface area (Å²) in [4.78, 5) is 21.4. The molecule has 1 atom stereocenters. The number of likely N-dealkylation sites (tertiary alicyclic amines) is 2. The van der Waals surface area contributed by atoms with Gasteiger partial charge in [0.05, 0.1) is 0 Å². The number of piperidine rings is 1. The van der Waals surface area contributed by atoms with Gasteiger partial charge in [0.1, 0.15) is 5.69 Å². The first-order chi connectivity index (χ1) is 12.7. The van der Waals surface area contributed by atoms with Crippen molar-refractivity contribution in [1.82, 2.24) is 24.6 Å². The van der Waals surface area contributed by atoms with Crippen LogP contribution in [0.1, 0.15) is 35.3 Å². The van der Waals surface area contributed by atoms with Crippen LogP contribution in [0.3, 0.4) is 0 Å². The lowest BCUT2D eigenvalue weighted by Crippen LogP contribution is -2.37. The number of nitrogens with zero attached hydrogens (tertiary/aromatic N) is 5. The van der Waals surface area contributed by atoms with Crippen molar-refractivity contribution in [2.45, 2.75) is 25.8 Å². The lowest BCUT2D eigenvalue weighted by Gasteiger charge is -2.34. The predicted octanol–water partition coefficient (Wildman–Crippen LogP) is 2.19. The van der Waals surface area contributed by atoms with Crippen molar-refractivity contribution in [3.63, 3.8) is 0 Å². The van der Waals surface area contributed by atoms with Gasteiger partial charge in [-0.1, -0.05) is 6.07 Å². The van der Waals surface area contributed by atoms with Crippen LogP contribution in [0.5, 0.6) is 0 Å². The number of amides is 1. The van der Waals surface area contributed by atoms with Gasteiger partial charge in [0.2, 0.25) is 0 Å². The van der Waals surface area contributed by atoms with E-state index in [-0.39, 0.29) is 5.91 Å². The molecule has 2 saturated heterocycles. The number of carbonyl (C=O) groups is 1. The number of rotatable bonds is 4. The fourth-order valence-electron chi connectivity index (χ4n) is 4.43. The minimum atomic E-state index is 0.126. The minimum Gasteiger partial charge on any atom is -0.337 e. The van der Waals surface area contributed by atoms with E-state index in [0.29, 0.717) is 11.6 Å². The van der Waals surface area contributed by atoms with Crippen molar-refractivity contribution in [1.29, 1.82) is 0 Å². The number of hydrogen-bond donors (Lipinski definition) is 0. The smallest absolute Gasteiger partial charge is 0.272 e. The van der Waals surface area contributed by atoms with Gasteiger partial charge < -0.3 is 4.90 Å². The molecule has 0 bridgehead atoms. The van der Waals surface area contributed by atoms with E-state index in [2.05, 4.69) is 21.0 Å². The topological polar surface area (TPSA) is 54.3 Å². The highest BCUT2D eigenvalue weighted by Gasteiger charge is 2.34. The second kappa shape index (κ2) is 7.58. The largest absolute Gasteiger partial charge is 0.337 e. The molecular formula is C20H27N5O. The highest BCUT2D eigenvalue weighted by Crippen LogP contribution is 2.32. The van der Waals surface area contributed by atoms with Crippen LogP contribution in [0.4, 0.5) is 0 Å². The van der Waals surface area contributed by atoms with E-state index in [1.165, 1.54) is 18.4 Å². The van der Waals surface area contributed by atoms with E-state index in [1.807, 2.05) is 36.5 Å². The molecular weight excluding hydrogens is 326 g/mol. The summed E-state index contributed by atoms with van der Waals surface area (Å²) in [6.45, 7) is 5.07. The normalized spacial score (nSPS) is 22.0. The first kappa shape index (κ1) is 17.2. The van der Waals surface area contributed by atoms with Crippen molar-refractivity contribution in [2.24, 2.45) is 18.9 Å². The van der Waals surface area contributed by atoms with Gasteiger partial charge in [0, 0.05) is 45.3 Å². The molecule has 0 N–H and O–H groups in total. The third-order valence-electron chi connectivity index (χ3n) is 5.98. The van der Waals surface area contributed by atoms with Crippen LogP contribution in [0.25, 0.3) is 0 Å². The van der Waals surface area contributed by atoms with Crippen molar-refractivity contribution in [3.05, 3.63) is 48.0 Å². The molecule has 1 amide bonds. The molecule has 2 aliphatic rings. The van der Waals surface area contributed by atoms with Crippen LogP contribution in [0.15, 0.2) is 36.8 Å². The zero-order valence-electron chi connectivity index (χ0n) is 15.4. The third kappa shape index (κ3) is 3.65. The molecule has 0 saturated carbocycles. The Labute approximate surface area is 154 Å².